The van der Waals surface area contributed by atoms with Crippen LogP contribution in [0.3, 0.4) is 0 Å². The Balaban J connectivity index is 1.40. The van der Waals surface area contributed by atoms with Crippen LogP contribution in [0, 0.1) is 12.8 Å². The van der Waals surface area contributed by atoms with Gasteiger partial charge in [-0.3, -0.25) is 9.67 Å². The summed E-state index contributed by atoms with van der Waals surface area (Å²) in [5, 5.41) is 11.3. The van der Waals surface area contributed by atoms with Gasteiger partial charge in [0, 0.05) is 45.0 Å². The van der Waals surface area contributed by atoms with Crippen molar-refractivity contribution in [2.24, 2.45) is 10.9 Å². The van der Waals surface area contributed by atoms with Crippen molar-refractivity contribution in [2.75, 3.05) is 45.9 Å². The molecular weight excluding hydrogens is 328 g/mol. The van der Waals surface area contributed by atoms with E-state index in [2.05, 4.69) is 40.7 Å². The molecule has 2 aliphatic rings. The second-order valence-corrected chi connectivity index (χ2v) is 7.49. The van der Waals surface area contributed by atoms with Crippen LogP contribution in [0.4, 0.5) is 0 Å². The number of aliphatic imine (C=N–C) groups is 1. The van der Waals surface area contributed by atoms with Gasteiger partial charge in [0.05, 0.1) is 25.9 Å². The highest BCUT2D eigenvalue weighted by atomic mass is 16.5. The molecule has 0 radical (unpaired) electrons. The number of hydrogen-bond donors (Lipinski definition) is 2. The molecule has 7 heteroatoms. The second kappa shape index (κ2) is 9.92. The molecule has 26 heavy (non-hydrogen) atoms. The van der Waals surface area contributed by atoms with Gasteiger partial charge in [-0.1, -0.05) is 0 Å². The fourth-order valence-electron chi connectivity index (χ4n) is 3.72. The molecule has 1 unspecified atom stereocenters. The first-order chi connectivity index (χ1) is 12.7. The number of aryl methyl sites for hydroxylation is 1. The number of likely N-dealkylation sites (tertiary alicyclic amines) is 1. The quantitative estimate of drug-likeness (QED) is 0.564. The smallest absolute Gasteiger partial charge is 0.191 e. The van der Waals surface area contributed by atoms with E-state index in [1.807, 2.05) is 10.9 Å². The lowest BCUT2D eigenvalue weighted by Crippen LogP contribution is -2.49. The Hall–Kier alpha value is -1.60. The normalized spacial score (nSPS) is 22.7. The zero-order valence-electron chi connectivity index (χ0n) is 16.3. The van der Waals surface area contributed by atoms with Crippen molar-refractivity contribution in [3.63, 3.8) is 0 Å². The minimum Gasteiger partial charge on any atom is -0.381 e. The first kappa shape index (κ1) is 19.2. The maximum absolute atomic E-state index is 5.50. The first-order valence-electron chi connectivity index (χ1n) is 10.1. The summed E-state index contributed by atoms with van der Waals surface area (Å²) in [6.07, 6.45) is 7.53. The summed E-state index contributed by atoms with van der Waals surface area (Å²) in [6.45, 7) is 12.0. The van der Waals surface area contributed by atoms with Gasteiger partial charge in [-0.25, -0.2) is 0 Å². The van der Waals surface area contributed by atoms with Gasteiger partial charge in [-0.15, -0.1) is 0 Å². The molecule has 0 amide bonds. The highest BCUT2D eigenvalue weighted by molar-refractivity contribution is 5.80. The Morgan fingerprint density at radius 3 is 2.85 bits per heavy atom. The maximum atomic E-state index is 5.50. The van der Waals surface area contributed by atoms with Gasteiger partial charge in [-0.2, -0.15) is 5.10 Å². The highest BCUT2D eigenvalue weighted by Gasteiger charge is 2.24. The Bertz CT molecular complexity index is 558. The Morgan fingerprint density at radius 2 is 2.19 bits per heavy atom. The molecule has 7 nitrogen and oxygen atoms in total. The predicted octanol–water partition coefficient (Wildman–Crippen LogP) is 1.25. The van der Waals surface area contributed by atoms with Crippen molar-refractivity contribution in [1.82, 2.24) is 25.3 Å². The molecular formula is C19H34N6O. The van der Waals surface area contributed by atoms with E-state index in [4.69, 9.17) is 9.73 Å². The number of aromatic nitrogens is 2. The molecule has 0 saturated carbocycles. The van der Waals surface area contributed by atoms with Crippen LogP contribution in [-0.2, 0) is 11.3 Å². The molecule has 2 fully saturated rings. The fourth-order valence-corrected chi connectivity index (χ4v) is 3.72. The predicted molar refractivity (Wildman–Crippen MR) is 104 cm³/mol. The molecule has 146 valence electrons. The van der Waals surface area contributed by atoms with E-state index in [0.29, 0.717) is 6.04 Å². The molecule has 3 heterocycles. The van der Waals surface area contributed by atoms with Gasteiger partial charge < -0.3 is 20.3 Å². The summed E-state index contributed by atoms with van der Waals surface area (Å²) in [7, 11) is 0. The summed E-state index contributed by atoms with van der Waals surface area (Å²) in [5.74, 6) is 1.67. The van der Waals surface area contributed by atoms with E-state index in [1.54, 1.807) is 0 Å². The van der Waals surface area contributed by atoms with Crippen LogP contribution in [0.2, 0.25) is 0 Å². The Kier molecular flexibility index (Phi) is 7.32. The van der Waals surface area contributed by atoms with Gasteiger partial charge in [-0.05, 0) is 44.6 Å². The summed E-state index contributed by atoms with van der Waals surface area (Å²) in [5.41, 5.74) is 1.19. The highest BCUT2D eigenvalue weighted by Crippen LogP contribution is 2.17. The van der Waals surface area contributed by atoms with Gasteiger partial charge in [0.25, 0.3) is 0 Å². The zero-order valence-corrected chi connectivity index (χ0v) is 16.3. The monoisotopic (exact) mass is 362 g/mol. The van der Waals surface area contributed by atoms with Crippen molar-refractivity contribution in [3.8, 4) is 0 Å². The molecule has 1 atom stereocenters. The summed E-state index contributed by atoms with van der Waals surface area (Å²) in [4.78, 5) is 7.32. The van der Waals surface area contributed by atoms with Crippen LogP contribution < -0.4 is 10.6 Å². The lowest BCUT2D eigenvalue weighted by molar-refractivity contribution is 0.150. The van der Waals surface area contributed by atoms with E-state index < -0.39 is 0 Å². The lowest BCUT2D eigenvalue weighted by atomic mass is 10.0. The number of nitrogens with zero attached hydrogens (tertiary/aromatic N) is 4. The van der Waals surface area contributed by atoms with Crippen LogP contribution >= 0.6 is 0 Å². The molecule has 0 bridgehead atoms. The van der Waals surface area contributed by atoms with Gasteiger partial charge >= 0.3 is 0 Å². The number of rotatable bonds is 7. The molecule has 0 aliphatic carbocycles. The Labute approximate surface area is 157 Å². The van der Waals surface area contributed by atoms with Crippen LogP contribution in [0.5, 0.6) is 0 Å². The van der Waals surface area contributed by atoms with E-state index >= 15 is 0 Å². The van der Waals surface area contributed by atoms with Crippen molar-refractivity contribution < 1.29 is 4.74 Å². The standard InChI is InChI=1S/C19H34N6O/c1-3-20-19(21-7-10-25-13-16(2)12-22-25)23-18-4-8-24(9-5-18)14-17-6-11-26-15-17/h12-13,17-18H,3-11,14-15H2,1-2H3,(H2,20,21,23). The molecule has 0 spiro atoms. The summed E-state index contributed by atoms with van der Waals surface area (Å²) in [6, 6.07) is 0.510. The fraction of sp³-hybridized carbons (Fsp3) is 0.789. The third-order valence-electron chi connectivity index (χ3n) is 5.17. The van der Waals surface area contributed by atoms with Crippen LogP contribution in [0.15, 0.2) is 17.4 Å². The van der Waals surface area contributed by atoms with Gasteiger partial charge in [0.15, 0.2) is 5.96 Å². The Morgan fingerprint density at radius 1 is 1.35 bits per heavy atom. The van der Waals surface area contributed by atoms with E-state index in [1.165, 1.54) is 44.5 Å². The van der Waals surface area contributed by atoms with E-state index in [9.17, 15) is 0 Å². The molecule has 2 aliphatic heterocycles. The maximum Gasteiger partial charge on any atom is 0.191 e. The average Bonchev–Trinajstić information content (AvgIpc) is 3.29. The van der Waals surface area contributed by atoms with E-state index in [-0.39, 0.29) is 0 Å². The van der Waals surface area contributed by atoms with Crippen LogP contribution in [-0.4, -0.2) is 72.6 Å². The van der Waals surface area contributed by atoms with Gasteiger partial charge in [0.2, 0.25) is 0 Å². The summed E-state index contributed by atoms with van der Waals surface area (Å²) < 4.78 is 7.45. The number of nitrogens with one attached hydrogen (secondary N) is 2. The summed E-state index contributed by atoms with van der Waals surface area (Å²) >= 11 is 0. The van der Waals surface area contributed by atoms with Gasteiger partial charge in [0.1, 0.15) is 0 Å². The lowest BCUT2D eigenvalue weighted by Gasteiger charge is -2.34. The molecule has 2 saturated heterocycles. The van der Waals surface area contributed by atoms with Crippen LogP contribution in [0.1, 0.15) is 31.7 Å². The minimum atomic E-state index is 0.510. The average molecular weight is 363 g/mol. The van der Waals surface area contributed by atoms with Crippen molar-refractivity contribution in [2.45, 2.75) is 45.7 Å². The molecule has 1 aromatic rings. The largest absolute Gasteiger partial charge is 0.381 e. The van der Waals surface area contributed by atoms with Crippen molar-refractivity contribution in [1.29, 1.82) is 0 Å². The number of guanidine groups is 1. The molecule has 1 aromatic heterocycles. The van der Waals surface area contributed by atoms with E-state index in [0.717, 1.165) is 44.7 Å². The van der Waals surface area contributed by atoms with Crippen LogP contribution in [0.25, 0.3) is 0 Å². The molecule has 3 rings (SSSR count). The zero-order chi connectivity index (χ0) is 18.2. The number of ether oxygens (including phenoxy) is 1. The van der Waals surface area contributed by atoms with Crippen molar-refractivity contribution in [3.05, 3.63) is 18.0 Å². The first-order valence-corrected chi connectivity index (χ1v) is 10.1. The molecule has 0 aromatic carbocycles. The molecule has 2 N–H and O–H groups in total. The topological polar surface area (TPSA) is 66.7 Å². The minimum absolute atomic E-state index is 0.510. The third kappa shape index (κ3) is 5.99. The number of hydrogen-bond acceptors (Lipinski definition) is 4. The SMILES string of the molecule is CCNC(=NCCn1cc(C)cn1)NC1CCN(CC2CCOC2)CC1. The third-order valence-corrected chi connectivity index (χ3v) is 5.17. The number of piperidine rings is 1. The second-order valence-electron chi connectivity index (χ2n) is 7.49. The van der Waals surface area contributed by atoms with Crippen molar-refractivity contribution >= 4 is 5.96 Å².